The number of thiophene rings is 1. The van der Waals surface area contributed by atoms with Gasteiger partial charge in [0.25, 0.3) is 0 Å². The lowest BCUT2D eigenvalue weighted by molar-refractivity contribution is 0.321. The van der Waals surface area contributed by atoms with Gasteiger partial charge in [-0.15, -0.1) is 11.3 Å². The van der Waals surface area contributed by atoms with Gasteiger partial charge in [-0.25, -0.2) is 8.78 Å². The van der Waals surface area contributed by atoms with Crippen LogP contribution < -0.4 is 0 Å². The van der Waals surface area contributed by atoms with Crippen LogP contribution in [0.3, 0.4) is 0 Å². The van der Waals surface area contributed by atoms with E-state index >= 15 is 0 Å². The van der Waals surface area contributed by atoms with Gasteiger partial charge < -0.3 is 4.52 Å². The minimum absolute atomic E-state index is 0.189. The van der Waals surface area contributed by atoms with E-state index in [1.54, 1.807) is 17.4 Å². The van der Waals surface area contributed by atoms with E-state index in [-0.39, 0.29) is 5.92 Å². The van der Waals surface area contributed by atoms with E-state index < -0.39 is 24.7 Å². The third-order valence-corrected chi connectivity index (χ3v) is 9.92. The molecule has 0 radical (unpaired) electrons. The van der Waals surface area contributed by atoms with Gasteiger partial charge in [0.15, 0.2) is 11.6 Å². The van der Waals surface area contributed by atoms with Gasteiger partial charge in [-0.3, -0.25) is 4.57 Å². The smallest absolute Gasteiger partial charge is 0.211 e. The standard InChI is InChI=1S/C23H27F2O2PS/c1-5-27-28(26,14-15(2)3)21(13-17-10-11-19(24)20(25)12-17)23-16(4)18-8-6-7-9-22(18)29-23/h6-12,15,21H,5,13-14H2,1-4H3. The SMILES string of the molecule is CCOP(=O)(CC(C)C)C(Cc1ccc(F)c(F)c1)c1sc2ccccc2c1C. The average molecular weight is 437 g/mol. The lowest BCUT2D eigenvalue weighted by atomic mass is 10.0. The maximum Gasteiger partial charge on any atom is 0.211 e. The van der Waals surface area contributed by atoms with E-state index in [0.29, 0.717) is 24.8 Å². The summed E-state index contributed by atoms with van der Waals surface area (Å²) in [6.45, 7) is 8.29. The number of hydrogen-bond acceptors (Lipinski definition) is 3. The van der Waals surface area contributed by atoms with E-state index in [1.165, 1.54) is 6.07 Å². The number of aryl methyl sites for hydroxylation is 1. The first-order chi connectivity index (χ1) is 13.7. The first-order valence-corrected chi connectivity index (χ1v) is 12.6. The molecule has 2 aromatic carbocycles. The van der Waals surface area contributed by atoms with Gasteiger partial charge in [-0.05, 0) is 60.9 Å². The van der Waals surface area contributed by atoms with Crippen LogP contribution in [-0.2, 0) is 15.5 Å². The molecule has 0 saturated heterocycles. The second kappa shape index (κ2) is 9.07. The van der Waals surface area contributed by atoms with Crippen LogP contribution >= 0.6 is 18.7 Å². The highest BCUT2D eigenvalue weighted by molar-refractivity contribution is 7.59. The summed E-state index contributed by atoms with van der Waals surface area (Å²) >= 11 is 1.62. The quantitative estimate of drug-likeness (QED) is 0.338. The number of hydrogen-bond donors (Lipinski definition) is 0. The Kier molecular flexibility index (Phi) is 6.93. The maximum absolute atomic E-state index is 14.1. The van der Waals surface area contributed by atoms with Gasteiger partial charge in [-0.1, -0.05) is 38.1 Å². The molecule has 6 heteroatoms. The Hall–Kier alpha value is -1.55. The zero-order valence-electron chi connectivity index (χ0n) is 17.2. The second-order valence-corrected chi connectivity index (χ2v) is 11.6. The highest BCUT2D eigenvalue weighted by Gasteiger charge is 2.38. The van der Waals surface area contributed by atoms with Gasteiger partial charge in [0.05, 0.1) is 12.3 Å². The van der Waals surface area contributed by atoms with E-state index in [0.717, 1.165) is 26.6 Å². The summed E-state index contributed by atoms with van der Waals surface area (Å²) in [4.78, 5) is 1.01. The molecule has 0 bridgehead atoms. The molecule has 0 spiro atoms. The summed E-state index contributed by atoms with van der Waals surface area (Å²) < 4.78 is 48.5. The normalized spacial score (nSPS) is 15.0. The maximum atomic E-state index is 14.1. The molecule has 0 saturated carbocycles. The summed E-state index contributed by atoms with van der Waals surface area (Å²) in [6, 6.07) is 12.0. The molecular weight excluding hydrogens is 409 g/mol. The van der Waals surface area contributed by atoms with Crippen LogP contribution in [0.25, 0.3) is 10.1 Å². The highest BCUT2D eigenvalue weighted by Crippen LogP contribution is 2.64. The molecule has 1 heterocycles. The summed E-state index contributed by atoms with van der Waals surface area (Å²) in [7, 11) is -3.09. The average Bonchev–Trinajstić information content (AvgIpc) is 2.98. The van der Waals surface area contributed by atoms with Crippen LogP contribution in [0.5, 0.6) is 0 Å². The van der Waals surface area contributed by atoms with E-state index in [1.807, 2.05) is 39.8 Å². The topological polar surface area (TPSA) is 26.3 Å². The van der Waals surface area contributed by atoms with E-state index in [2.05, 4.69) is 12.1 Å². The molecule has 3 aromatic rings. The Balaban J connectivity index is 2.14. The Morgan fingerprint density at radius 2 is 1.83 bits per heavy atom. The lowest BCUT2D eigenvalue weighted by Gasteiger charge is -2.29. The zero-order valence-corrected chi connectivity index (χ0v) is 19.0. The molecule has 0 amide bonds. The molecule has 0 aliphatic carbocycles. The zero-order chi connectivity index (χ0) is 21.2. The molecule has 0 aliphatic heterocycles. The Bertz CT molecular complexity index is 1040. The molecule has 1 aromatic heterocycles. The van der Waals surface area contributed by atoms with Crippen LogP contribution in [0.2, 0.25) is 0 Å². The Morgan fingerprint density at radius 1 is 1.10 bits per heavy atom. The summed E-state index contributed by atoms with van der Waals surface area (Å²) in [6.07, 6.45) is 0.789. The second-order valence-electron chi connectivity index (χ2n) is 7.78. The number of benzene rings is 2. The van der Waals surface area contributed by atoms with Crippen LogP contribution in [-0.4, -0.2) is 12.8 Å². The van der Waals surface area contributed by atoms with Crippen molar-refractivity contribution in [3.05, 3.63) is 70.1 Å². The fourth-order valence-corrected chi connectivity index (χ4v) is 8.68. The summed E-state index contributed by atoms with van der Waals surface area (Å²) in [5, 5.41) is 1.13. The van der Waals surface area contributed by atoms with Gasteiger partial charge in [0.2, 0.25) is 7.37 Å². The molecule has 3 rings (SSSR count). The lowest BCUT2D eigenvalue weighted by Crippen LogP contribution is -2.12. The monoisotopic (exact) mass is 436 g/mol. The third-order valence-electron chi connectivity index (χ3n) is 5.04. The van der Waals surface area contributed by atoms with E-state index in [9.17, 15) is 13.3 Å². The van der Waals surface area contributed by atoms with E-state index in [4.69, 9.17) is 4.52 Å². The molecule has 156 valence electrons. The van der Waals surface area contributed by atoms with Crippen molar-refractivity contribution in [3.63, 3.8) is 0 Å². The number of fused-ring (bicyclic) bond motifs is 1. The van der Waals surface area contributed by atoms with Crippen molar-refractivity contribution < 1.29 is 17.9 Å². The molecule has 2 atom stereocenters. The molecule has 0 N–H and O–H groups in total. The van der Waals surface area contributed by atoms with Crippen LogP contribution in [0.4, 0.5) is 8.78 Å². The van der Waals surface area contributed by atoms with Crippen LogP contribution in [0, 0.1) is 24.5 Å². The summed E-state index contributed by atoms with van der Waals surface area (Å²) in [5.41, 5.74) is 1.31. The van der Waals surface area contributed by atoms with Gasteiger partial charge in [0.1, 0.15) is 0 Å². The minimum atomic E-state index is -3.09. The molecule has 0 fully saturated rings. The van der Waals surface area contributed by atoms with Crippen molar-refractivity contribution in [2.45, 2.75) is 39.8 Å². The molecule has 29 heavy (non-hydrogen) atoms. The molecule has 2 unspecified atom stereocenters. The van der Waals surface area contributed by atoms with Crippen molar-refractivity contribution in [2.75, 3.05) is 12.8 Å². The predicted molar refractivity (Wildman–Crippen MR) is 118 cm³/mol. The largest absolute Gasteiger partial charge is 0.328 e. The van der Waals surface area contributed by atoms with Crippen molar-refractivity contribution >= 4 is 28.8 Å². The fraction of sp³-hybridized carbons (Fsp3) is 0.391. The van der Waals surface area contributed by atoms with Crippen molar-refractivity contribution in [1.82, 2.24) is 0 Å². The Morgan fingerprint density at radius 3 is 2.45 bits per heavy atom. The molecule has 2 nitrogen and oxygen atoms in total. The van der Waals surface area contributed by atoms with Crippen molar-refractivity contribution in [3.8, 4) is 0 Å². The summed E-state index contributed by atoms with van der Waals surface area (Å²) in [5.74, 6) is -1.57. The minimum Gasteiger partial charge on any atom is -0.328 e. The van der Waals surface area contributed by atoms with Crippen LogP contribution in [0.1, 0.15) is 42.4 Å². The fourth-order valence-electron chi connectivity index (χ4n) is 3.81. The predicted octanol–water partition coefficient (Wildman–Crippen LogP) is 7.74. The van der Waals surface area contributed by atoms with Gasteiger partial charge in [-0.2, -0.15) is 0 Å². The molecular formula is C23H27F2O2PS. The van der Waals surface area contributed by atoms with Crippen LogP contribution in [0.15, 0.2) is 42.5 Å². The highest BCUT2D eigenvalue weighted by atomic mass is 32.1. The van der Waals surface area contributed by atoms with Crippen molar-refractivity contribution in [1.29, 1.82) is 0 Å². The number of rotatable bonds is 8. The number of halogens is 2. The molecule has 0 aliphatic rings. The first kappa shape index (κ1) is 22.1. The van der Waals surface area contributed by atoms with Gasteiger partial charge in [0, 0.05) is 15.7 Å². The first-order valence-electron chi connectivity index (χ1n) is 9.90. The van der Waals surface area contributed by atoms with Gasteiger partial charge >= 0.3 is 0 Å². The van der Waals surface area contributed by atoms with Crippen molar-refractivity contribution in [2.24, 2.45) is 5.92 Å². The Labute approximate surface area is 175 Å². The third kappa shape index (κ3) is 4.79.